The number of hydrogen-bond donors (Lipinski definition) is 0. The molecule has 2 fully saturated rings. The Morgan fingerprint density at radius 3 is 2.95 bits per heavy atom. The highest BCUT2D eigenvalue weighted by Gasteiger charge is 2.35. The molecule has 0 saturated carbocycles. The molecule has 0 amide bonds. The van der Waals surface area contributed by atoms with Crippen molar-refractivity contribution in [3.63, 3.8) is 0 Å². The van der Waals surface area contributed by atoms with Gasteiger partial charge in [0, 0.05) is 31.1 Å². The lowest BCUT2D eigenvalue weighted by atomic mass is 10.1. The van der Waals surface area contributed by atoms with Crippen molar-refractivity contribution >= 4 is 10.0 Å². The van der Waals surface area contributed by atoms with Crippen molar-refractivity contribution in [2.45, 2.75) is 38.1 Å². The third kappa shape index (κ3) is 3.86. The Balaban J connectivity index is 1.59. The van der Waals surface area contributed by atoms with E-state index in [0.29, 0.717) is 19.8 Å². The van der Waals surface area contributed by atoms with Crippen molar-refractivity contribution in [3.8, 4) is 0 Å². The Bertz CT molecular complexity index is 570. The van der Waals surface area contributed by atoms with E-state index in [9.17, 15) is 8.42 Å². The van der Waals surface area contributed by atoms with Gasteiger partial charge in [-0.25, -0.2) is 8.42 Å². The molecular formula is C16H24N2O3S. The van der Waals surface area contributed by atoms with Gasteiger partial charge < -0.3 is 4.74 Å². The normalized spacial score (nSPS) is 26.5. The quantitative estimate of drug-likeness (QED) is 0.801. The minimum Gasteiger partial charge on any atom is -0.381 e. The summed E-state index contributed by atoms with van der Waals surface area (Å²) in [4.78, 5) is 4.33. The first-order valence-corrected chi connectivity index (χ1v) is 9.73. The fourth-order valence-electron chi connectivity index (χ4n) is 3.43. The van der Waals surface area contributed by atoms with Crippen molar-refractivity contribution in [1.29, 1.82) is 0 Å². The molecule has 6 heteroatoms. The van der Waals surface area contributed by atoms with Crippen molar-refractivity contribution in [2.75, 3.05) is 25.5 Å². The van der Waals surface area contributed by atoms with Crippen LogP contribution in [0.4, 0.5) is 0 Å². The molecule has 2 atom stereocenters. The average molecular weight is 324 g/mol. The second kappa shape index (κ2) is 7.06. The van der Waals surface area contributed by atoms with Gasteiger partial charge in [-0.1, -0.05) is 6.07 Å². The van der Waals surface area contributed by atoms with Gasteiger partial charge in [-0.05, 0) is 50.2 Å². The van der Waals surface area contributed by atoms with E-state index < -0.39 is 10.0 Å². The standard InChI is InChI=1S/C16H24N2O3S/c19-22(20,13-14-8-11-21-12-14)18-10-3-5-16(18)7-6-15-4-1-2-9-17-15/h1-2,4,9,14,16H,3,5-8,10-13H2/t14?,16-/m1/s1. The van der Waals surface area contributed by atoms with Gasteiger partial charge in [0.15, 0.2) is 0 Å². The van der Waals surface area contributed by atoms with E-state index in [1.807, 2.05) is 18.2 Å². The molecule has 2 aliphatic rings. The molecule has 2 saturated heterocycles. The lowest BCUT2D eigenvalue weighted by Gasteiger charge is -2.25. The van der Waals surface area contributed by atoms with Gasteiger partial charge in [0.2, 0.25) is 10.0 Å². The third-order valence-corrected chi connectivity index (χ3v) is 6.70. The largest absolute Gasteiger partial charge is 0.381 e. The van der Waals surface area contributed by atoms with Crippen LogP contribution in [0, 0.1) is 5.92 Å². The second-order valence-electron chi connectivity index (χ2n) is 6.27. The first-order valence-electron chi connectivity index (χ1n) is 8.12. The molecule has 0 radical (unpaired) electrons. The summed E-state index contributed by atoms with van der Waals surface area (Å²) in [6.07, 6.45) is 6.28. The summed E-state index contributed by atoms with van der Waals surface area (Å²) in [7, 11) is -3.16. The summed E-state index contributed by atoms with van der Waals surface area (Å²) in [5.41, 5.74) is 1.04. The van der Waals surface area contributed by atoms with Crippen LogP contribution < -0.4 is 0 Å². The van der Waals surface area contributed by atoms with Gasteiger partial charge in [0.1, 0.15) is 0 Å². The molecule has 0 N–H and O–H groups in total. The Kier molecular flexibility index (Phi) is 5.10. The van der Waals surface area contributed by atoms with E-state index in [0.717, 1.165) is 37.8 Å². The topological polar surface area (TPSA) is 59.5 Å². The zero-order valence-corrected chi connectivity index (χ0v) is 13.7. The van der Waals surface area contributed by atoms with Gasteiger partial charge in [-0.15, -0.1) is 0 Å². The lowest BCUT2D eigenvalue weighted by Crippen LogP contribution is -2.39. The van der Waals surface area contributed by atoms with Crippen molar-refractivity contribution < 1.29 is 13.2 Å². The predicted molar refractivity (Wildman–Crippen MR) is 85.0 cm³/mol. The molecule has 1 aromatic heterocycles. The molecule has 1 unspecified atom stereocenters. The van der Waals surface area contributed by atoms with Gasteiger partial charge in [-0.2, -0.15) is 4.31 Å². The Hall–Kier alpha value is -0.980. The molecule has 1 aromatic rings. The fraction of sp³-hybridized carbons (Fsp3) is 0.688. The summed E-state index contributed by atoms with van der Waals surface area (Å²) >= 11 is 0. The number of rotatable bonds is 6. The van der Waals surface area contributed by atoms with Crippen LogP contribution >= 0.6 is 0 Å². The van der Waals surface area contributed by atoms with Crippen LogP contribution in [-0.2, 0) is 21.2 Å². The Morgan fingerprint density at radius 1 is 1.32 bits per heavy atom. The first kappa shape index (κ1) is 15.9. The maximum absolute atomic E-state index is 12.7. The minimum atomic E-state index is -3.16. The van der Waals surface area contributed by atoms with E-state index in [1.165, 1.54) is 0 Å². The SMILES string of the molecule is O=S(=O)(CC1CCOC1)N1CCC[C@@H]1CCc1ccccn1. The summed E-state index contributed by atoms with van der Waals surface area (Å²) in [5.74, 6) is 0.412. The summed E-state index contributed by atoms with van der Waals surface area (Å²) in [5, 5.41) is 0. The van der Waals surface area contributed by atoms with Crippen LogP contribution in [0.15, 0.2) is 24.4 Å². The monoisotopic (exact) mass is 324 g/mol. The van der Waals surface area contributed by atoms with Gasteiger partial charge in [0.25, 0.3) is 0 Å². The molecule has 5 nitrogen and oxygen atoms in total. The van der Waals surface area contributed by atoms with Gasteiger partial charge in [-0.3, -0.25) is 4.98 Å². The number of ether oxygens (including phenoxy) is 1. The number of hydrogen-bond acceptors (Lipinski definition) is 4. The Labute approximate surface area is 132 Å². The number of nitrogens with zero attached hydrogens (tertiary/aromatic N) is 2. The predicted octanol–water partition coefficient (Wildman–Crippen LogP) is 1.84. The van der Waals surface area contributed by atoms with E-state index in [4.69, 9.17) is 4.74 Å². The molecule has 0 aromatic carbocycles. The number of sulfonamides is 1. The molecule has 0 bridgehead atoms. The molecule has 0 aliphatic carbocycles. The number of aryl methyl sites for hydroxylation is 1. The maximum Gasteiger partial charge on any atom is 0.214 e. The van der Waals surface area contributed by atoms with Crippen LogP contribution in [-0.4, -0.2) is 49.3 Å². The molecular weight excluding hydrogens is 300 g/mol. The Morgan fingerprint density at radius 2 is 2.23 bits per heavy atom. The highest BCUT2D eigenvalue weighted by Crippen LogP contribution is 2.27. The van der Waals surface area contributed by atoms with E-state index in [-0.39, 0.29) is 17.7 Å². The van der Waals surface area contributed by atoms with E-state index in [2.05, 4.69) is 4.98 Å². The molecule has 2 aliphatic heterocycles. The molecule has 3 heterocycles. The summed E-state index contributed by atoms with van der Waals surface area (Å²) < 4.78 is 32.4. The average Bonchev–Trinajstić information content (AvgIpc) is 3.17. The zero-order chi connectivity index (χ0) is 15.4. The first-order chi connectivity index (χ1) is 10.6. The smallest absolute Gasteiger partial charge is 0.214 e. The highest BCUT2D eigenvalue weighted by molar-refractivity contribution is 7.89. The zero-order valence-electron chi connectivity index (χ0n) is 12.9. The van der Waals surface area contributed by atoms with E-state index in [1.54, 1.807) is 10.5 Å². The molecule has 122 valence electrons. The minimum absolute atomic E-state index is 0.134. The third-order valence-electron chi connectivity index (χ3n) is 4.61. The highest BCUT2D eigenvalue weighted by atomic mass is 32.2. The molecule has 22 heavy (non-hydrogen) atoms. The van der Waals surface area contributed by atoms with Crippen molar-refractivity contribution in [3.05, 3.63) is 30.1 Å². The van der Waals surface area contributed by atoms with Crippen LogP contribution in [0.5, 0.6) is 0 Å². The summed E-state index contributed by atoms with van der Waals surface area (Å²) in [6, 6.07) is 6.02. The van der Waals surface area contributed by atoms with Gasteiger partial charge in [0.05, 0.1) is 12.4 Å². The molecule has 3 rings (SSSR count). The molecule has 0 spiro atoms. The van der Waals surface area contributed by atoms with Crippen LogP contribution in [0.1, 0.15) is 31.4 Å². The van der Waals surface area contributed by atoms with Crippen LogP contribution in [0.2, 0.25) is 0 Å². The van der Waals surface area contributed by atoms with Gasteiger partial charge >= 0.3 is 0 Å². The summed E-state index contributed by atoms with van der Waals surface area (Å²) in [6.45, 7) is 1.96. The van der Waals surface area contributed by atoms with Crippen molar-refractivity contribution in [2.24, 2.45) is 5.92 Å². The lowest BCUT2D eigenvalue weighted by molar-refractivity contribution is 0.188. The maximum atomic E-state index is 12.7. The number of aromatic nitrogens is 1. The van der Waals surface area contributed by atoms with E-state index >= 15 is 0 Å². The van der Waals surface area contributed by atoms with Crippen LogP contribution in [0.3, 0.4) is 0 Å². The fourth-order valence-corrected chi connectivity index (χ4v) is 5.56. The van der Waals surface area contributed by atoms with Crippen molar-refractivity contribution in [1.82, 2.24) is 9.29 Å². The van der Waals surface area contributed by atoms with Crippen LogP contribution in [0.25, 0.3) is 0 Å². The second-order valence-corrected chi connectivity index (χ2v) is 8.24. The number of pyridine rings is 1.